The van der Waals surface area contributed by atoms with E-state index in [-0.39, 0.29) is 17.9 Å². The third-order valence-corrected chi connectivity index (χ3v) is 4.86. The van der Waals surface area contributed by atoms with Crippen LogP contribution < -0.4 is 10.3 Å². The zero-order valence-corrected chi connectivity index (χ0v) is 15.5. The van der Waals surface area contributed by atoms with Gasteiger partial charge in [0.25, 0.3) is 5.56 Å². The molecule has 0 radical (unpaired) electrons. The van der Waals surface area contributed by atoms with Gasteiger partial charge in [-0.2, -0.15) is 13.2 Å². The molecule has 150 valence electrons. The van der Waals surface area contributed by atoms with E-state index in [9.17, 15) is 18.0 Å². The summed E-state index contributed by atoms with van der Waals surface area (Å²) in [4.78, 5) is 20.3. The van der Waals surface area contributed by atoms with E-state index in [4.69, 9.17) is 9.84 Å². The van der Waals surface area contributed by atoms with Crippen molar-refractivity contribution in [3.8, 4) is 11.4 Å². The first kappa shape index (κ1) is 20.3. The van der Waals surface area contributed by atoms with Crippen molar-refractivity contribution >= 4 is 22.8 Å². The number of unbranched alkanes of at least 4 members (excludes halogenated alkanes) is 1. The number of hydrogen-bond acceptors (Lipinski definition) is 5. The monoisotopic (exact) mass is 413 g/mol. The quantitative estimate of drug-likeness (QED) is 0.336. The van der Waals surface area contributed by atoms with Gasteiger partial charge in [-0.1, -0.05) is 11.8 Å². The summed E-state index contributed by atoms with van der Waals surface area (Å²) in [7, 11) is 0. The van der Waals surface area contributed by atoms with Gasteiger partial charge in [-0.05, 0) is 43.2 Å². The number of hydrogen-bond donors (Lipinski definition) is 2. The lowest BCUT2D eigenvalue weighted by Crippen LogP contribution is -2.22. The molecule has 28 heavy (non-hydrogen) atoms. The van der Waals surface area contributed by atoms with Crippen molar-refractivity contribution in [3.05, 3.63) is 46.9 Å². The van der Waals surface area contributed by atoms with Crippen molar-refractivity contribution in [1.29, 1.82) is 0 Å². The number of benzene rings is 1. The molecule has 3 aromatic rings. The predicted octanol–water partition coefficient (Wildman–Crippen LogP) is 3.52. The summed E-state index contributed by atoms with van der Waals surface area (Å²) < 4.78 is 43.0. The van der Waals surface area contributed by atoms with E-state index in [2.05, 4.69) is 9.97 Å². The van der Waals surface area contributed by atoms with E-state index in [1.54, 1.807) is 12.3 Å². The lowest BCUT2D eigenvalue weighted by atomic mass is 10.3. The van der Waals surface area contributed by atoms with Gasteiger partial charge in [0.15, 0.2) is 11.8 Å². The number of halogens is 3. The van der Waals surface area contributed by atoms with Crippen LogP contribution in [0.2, 0.25) is 0 Å². The molecule has 0 saturated carbocycles. The summed E-state index contributed by atoms with van der Waals surface area (Å²) in [6.07, 6.45) is -1.39. The van der Waals surface area contributed by atoms with E-state index >= 15 is 0 Å². The van der Waals surface area contributed by atoms with Crippen molar-refractivity contribution in [2.45, 2.75) is 24.2 Å². The van der Waals surface area contributed by atoms with E-state index < -0.39 is 12.8 Å². The average Bonchev–Trinajstić information content (AvgIpc) is 3.13. The Bertz CT molecular complexity index is 984. The fourth-order valence-corrected chi connectivity index (χ4v) is 3.55. The van der Waals surface area contributed by atoms with E-state index in [0.29, 0.717) is 34.1 Å². The number of aliphatic hydroxyl groups excluding tert-OH is 1. The normalized spacial score (nSPS) is 11.9. The molecule has 0 amide bonds. The van der Waals surface area contributed by atoms with Crippen LogP contribution in [0.1, 0.15) is 12.8 Å². The van der Waals surface area contributed by atoms with Crippen molar-refractivity contribution in [2.75, 3.05) is 19.0 Å². The number of thioether (sulfide) groups is 1. The van der Waals surface area contributed by atoms with Crippen LogP contribution in [0.4, 0.5) is 13.2 Å². The SMILES string of the molecule is O=c1c2[nH]ccc2nc(SCCCCO)n1-c1ccc(OCC(F)(F)F)cc1. The maximum atomic E-state index is 12.9. The van der Waals surface area contributed by atoms with Crippen LogP contribution in [0.3, 0.4) is 0 Å². The largest absolute Gasteiger partial charge is 0.484 e. The summed E-state index contributed by atoms with van der Waals surface area (Å²) in [5, 5.41) is 9.38. The molecule has 0 spiro atoms. The fourth-order valence-electron chi connectivity index (χ4n) is 2.54. The molecule has 0 unspecified atom stereocenters. The summed E-state index contributed by atoms with van der Waals surface area (Å²) >= 11 is 1.38. The molecule has 2 N–H and O–H groups in total. The minimum absolute atomic E-state index is 0.0557. The Balaban J connectivity index is 1.91. The maximum absolute atomic E-state index is 12.9. The van der Waals surface area contributed by atoms with Crippen LogP contribution in [0.5, 0.6) is 5.75 Å². The highest BCUT2D eigenvalue weighted by molar-refractivity contribution is 7.99. The number of aromatic nitrogens is 3. The smallest absolute Gasteiger partial charge is 0.422 e. The molecule has 6 nitrogen and oxygen atoms in total. The summed E-state index contributed by atoms with van der Waals surface area (Å²) in [5.74, 6) is 0.718. The number of nitrogens with zero attached hydrogens (tertiary/aromatic N) is 2. The summed E-state index contributed by atoms with van der Waals surface area (Å²) in [6.45, 7) is -1.29. The third kappa shape index (κ3) is 4.87. The number of aliphatic hydroxyl groups is 1. The molecule has 0 fully saturated rings. The molecule has 0 saturated heterocycles. The predicted molar refractivity (Wildman–Crippen MR) is 100 cm³/mol. The molecule has 10 heteroatoms. The number of H-pyrrole nitrogens is 1. The second-order valence-corrected chi connectivity index (χ2v) is 7.01. The zero-order chi connectivity index (χ0) is 20.1. The highest BCUT2D eigenvalue weighted by Crippen LogP contribution is 2.24. The van der Waals surface area contributed by atoms with Crippen molar-refractivity contribution in [2.24, 2.45) is 0 Å². The van der Waals surface area contributed by atoms with Crippen LogP contribution in [0.15, 0.2) is 46.5 Å². The van der Waals surface area contributed by atoms with Gasteiger partial charge in [0.2, 0.25) is 0 Å². The molecule has 1 aromatic carbocycles. The molecule has 2 heterocycles. The first-order valence-corrected chi connectivity index (χ1v) is 9.51. The second-order valence-electron chi connectivity index (χ2n) is 5.95. The summed E-state index contributed by atoms with van der Waals surface area (Å²) in [6, 6.07) is 7.49. The third-order valence-electron chi connectivity index (χ3n) is 3.83. The van der Waals surface area contributed by atoms with Gasteiger partial charge in [-0.15, -0.1) is 0 Å². The Labute approximate surface area is 162 Å². The number of fused-ring (bicyclic) bond motifs is 1. The molecule has 2 aromatic heterocycles. The molecule has 0 aliphatic rings. The van der Waals surface area contributed by atoms with Gasteiger partial charge in [-0.25, -0.2) is 4.98 Å². The number of alkyl halides is 3. The molecular formula is C18H18F3N3O3S. The Hall–Kier alpha value is -2.46. The first-order valence-electron chi connectivity index (χ1n) is 8.53. The topological polar surface area (TPSA) is 80.1 Å². The fraction of sp³-hybridized carbons (Fsp3) is 0.333. The number of nitrogens with one attached hydrogen (secondary N) is 1. The highest BCUT2D eigenvalue weighted by Gasteiger charge is 2.28. The van der Waals surface area contributed by atoms with Gasteiger partial charge >= 0.3 is 6.18 Å². The van der Waals surface area contributed by atoms with Gasteiger partial charge in [0, 0.05) is 18.6 Å². The Morgan fingerprint density at radius 2 is 1.93 bits per heavy atom. The standard InChI is InChI=1S/C18H18F3N3O3S/c19-18(20,21)11-27-13-5-3-12(4-6-13)24-16(26)15-14(7-8-22-15)23-17(24)28-10-2-1-9-25/h3-8,22,25H,1-2,9-11H2. The molecule has 0 aliphatic carbocycles. The maximum Gasteiger partial charge on any atom is 0.422 e. The molecule has 3 rings (SSSR count). The van der Waals surface area contributed by atoms with Crippen molar-refractivity contribution in [3.63, 3.8) is 0 Å². The van der Waals surface area contributed by atoms with E-state index in [1.165, 1.54) is 40.6 Å². The Morgan fingerprint density at radius 1 is 1.18 bits per heavy atom. The molecular weight excluding hydrogens is 395 g/mol. The van der Waals surface area contributed by atoms with E-state index in [0.717, 1.165) is 6.42 Å². The minimum Gasteiger partial charge on any atom is -0.484 e. The zero-order valence-electron chi connectivity index (χ0n) is 14.7. The first-order chi connectivity index (χ1) is 13.4. The van der Waals surface area contributed by atoms with Crippen LogP contribution >= 0.6 is 11.8 Å². The number of ether oxygens (including phenoxy) is 1. The van der Waals surface area contributed by atoms with Crippen molar-refractivity contribution in [1.82, 2.24) is 14.5 Å². The van der Waals surface area contributed by atoms with Crippen LogP contribution in [-0.4, -0.2) is 44.8 Å². The second kappa shape index (κ2) is 8.70. The molecule has 0 atom stereocenters. The van der Waals surface area contributed by atoms with E-state index in [1.807, 2.05) is 0 Å². The Kier molecular flexibility index (Phi) is 6.30. The summed E-state index contributed by atoms with van der Waals surface area (Å²) in [5.41, 5.74) is 1.05. The van der Waals surface area contributed by atoms with Gasteiger partial charge in [0.05, 0.1) is 11.2 Å². The highest BCUT2D eigenvalue weighted by atomic mass is 32.2. The van der Waals surface area contributed by atoms with Crippen molar-refractivity contribution < 1.29 is 23.0 Å². The minimum atomic E-state index is -4.42. The van der Waals surface area contributed by atoms with Crippen LogP contribution in [0.25, 0.3) is 16.7 Å². The van der Waals surface area contributed by atoms with Gasteiger partial charge in [0.1, 0.15) is 11.3 Å². The van der Waals surface area contributed by atoms with Gasteiger partial charge < -0.3 is 14.8 Å². The number of rotatable bonds is 8. The van der Waals surface area contributed by atoms with Crippen LogP contribution in [0, 0.1) is 0 Å². The average molecular weight is 413 g/mol. The molecule has 0 aliphatic heterocycles. The Morgan fingerprint density at radius 3 is 2.61 bits per heavy atom. The van der Waals surface area contributed by atoms with Gasteiger partial charge in [-0.3, -0.25) is 9.36 Å². The lowest BCUT2D eigenvalue weighted by molar-refractivity contribution is -0.153. The van der Waals surface area contributed by atoms with Crippen LogP contribution in [-0.2, 0) is 0 Å². The number of aromatic amines is 1. The molecule has 0 bridgehead atoms. The lowest BCUT2D eigenvalue weighted by Gasteiger charge is -2.13.